The molecular weight excluding hydrogens is 379 g/mol. The van der Waals surface area contributed by atoms with Gasteiger partial charge >= 0.3 is 0 Å². The maximum atomic E-state index is 13.2. The maximum absolute atomic E-state index is 13.2. The molecule has 0 amide bonds. The lowest BCUT2D eigenvalue weighted by Crippen LogP contribution is -2.29. The van der Waals surface area contributed by atoms with Crippen LogP contribution in [0.4, 0.5) is 10.1 Å². The largest absolute Gasteiger partial charge is 0.393 e. The van der Waals surface area contributed by atoms with Crippen LogP contribution in [0.3, 0.4) is 0 Å². The van der Waals surface area contributed by atoms with Crippen molar-refractivity contribution in [2.45, 2.75) is 70.4 Å². The van der Waals surface area contributed by atoms with Gasteiger partial charge in [0.1, 0.15) is 5.82 Å². The molecule has 1 aromatic carbocycles. The number of halogens is 1. The first-order valence-electron chi connectivity index (χ1n) is 11.0. The van der Waals surface area contributed by atoms with Crippen molar-refractivity contribution in [3.63, 3.8) is 0 Å². The van der Waals surface area contributed by atoms with Crippen LogP contribution in [0.2, 0.25) is 0 Å². The van der Waals surface area contributed by atoms with Gasteiger partial charge in [-0.1, -0.05) is 37.1 Å². The first-order valence-corrected chi connectivity index (χ1v) is 11.0. The number of Topliss-reactive ketones (excluding diaryl/α,β-unsaturated/α-hetero) is 1. The zero-order valence-corrected chi connectivity index (χ0v) is 17.5. The average Bonchev–Trinajstić information content (AvgIpc) is 3.15. The van der Waals surface area contributed by atoms with Crippen LogP contribution in [0.15, 0.2) is 36.0 Å². The maximum Gasteiger partial charge on any atom is 0.170 e. The normalized spacial score (nSPS) is 20.6. The second-order valence-electron chi connectivity index (χ2n) is 8.51. The van der Waals surface area contributed by atoms with Crippen LogP contribution in [-0.4, -0.2) is 28.0 Å². The summed E-state index contributed by atoms with van der Waals surface area (Å²) in [5.41, 5.74) is 5.67. The molecule has 0 saturated heterocycles. The van der Waals surface area contributed by atoms with E-state index in [-0.39, 0.29) is 30.2 Å². The highest BCUT2D eigenvalue weighted by molar-refractivity contribution is 6.04. The Kier molecular flexibility index (Phi) is 6.28. The summed E-state index contributed by atoms with van der Waals surface area (Å²) in [6, 6.07) is 6.32. The molecule has 2 aliphatic rings. The number of aliphatic hydroxyl groups excluding tert-OH is 1. The van der Waals surface area contributed by atoms with E-state index >= 15 is 0 Å². The molecule has 158 valence electrons. The van der Waals surface area contributed by atoms with E-state index in [2.05, 4.69) is 23.3 Å². The molecule has 0 unspecified atom stereocenters. The number of aromatic nitrogens is 1. The fourth-order valence-corrected chi connectivity index (χ4v) is 4.49. The molecule has 4 nitrogen and oxygen atoms in total. The lowest BCUT2D eigenvalue weighted by atomic mass is 9.92. The summed E-state index contributed by atoms with van der Waals surface area (Å²) in [5.74, 6) is -0.326. The number of hydrogen-bond donors (Lipinski definition) is 2. The number of ketones is 1. The minimum absolute atomic E-state index is 0.0207. The van der Waals surface area contributed by atoms with Crippen LogP contribution in [0.25, 0.3) is 6.08 Å². The van der Waals surface area contributed by atoms with Gasteiger partial charge in [0, 0.05) is 30.6 Å². The molecule has 4 rings (SSSR count). The fourth-order valence-electron chi connectivity index (χ4n) is 4.49. The Balaban J connectivity index is 1.64. The zero-order valence-electron chi connectivity index (χ0n) is 17.5. The van der Waals surface area contributed by atoms with Gasteiger partial charge < -0.3 is 10.4 Å². The van der Waals surface area contributed by atoms with Gasteiger partial charge in [-0.25, -0.2) is 4.39 Å². The Labute approximate surface area is 177 Å². The predicted molar refractivity (Wildman–Crippen MR) is 117 cm³/mol. The minimum atomic E-state index is -0.305. The molecule has 2 aliphatic carbocycles. The number of pyridine rings is 1. The second kappa shape index (κ2) is 9.09. The molecule has 0 atom stereocenters. The number of carbonyl (C=O) groups is 1. The molecule has 0 spiro atoms. The number of carbonyl (C=O) groups excluding carboxylic acids is 1. The third-order valence-corrected chi connectivity index (χ3v) is 6.14. The number of nitrogens with zero attached hydrogens (tertiary/aromatic N) is 1. The van der Waals surface area contributed by atoms with Gasteiger partial charge in [-0.15, -0.1) is 0 Å². The van der Waals surface area contributed by atoms with Crippen molar-refractivity contribution in [2.24, 2.45) is 0 Å². The highest BCUT2D eigenvalue weighted by atomic mass is 19.1. The molecule has 0 radical (unpaired) electrons. The summed E-state index contributed by atoms with van der Waals surface area (Å²) in [7, 11) is 0. The molecule has 1 fully saturated rings. The van der Waals surface area contributed by atoms with Crippen LogP contribution in [0, 0.1) is 5.82 Å². The Bertz CT molecular complexity index is 944. The van der Waals surface area contributed by atoms with Crippen molar-refractivity contribution in [3.05, 3.63) is 64.2 Å². The van der Waals surface area contributed by atoms with Crippen molar-refractivity contribution < 1.29 is 14.3 Å². The summed E-state index contributed by atoms with van der Waals surface area (Å²) >= 11 is 0. The molecule has 1 heterocycles. The van der Waals surface area contributed by atoms with Crippen LogP contribution < -0.4 is 5.32 Å². The third-order valence-electron chi connectivity index (χ3n) is 6.14. The van der Waals surface area contributed by atoms with Gasteiger partial charge in [-0.2, -0.15) is 0 Å². The van der Waals surface area contributed by atoms with Crippen molar-refractivity contribution in [1.29, 1.82) is 0 Å². The Morgan fingerprint density at radius 3 is 2.63 bits per heavy atom. The lowest BCUT2D eigenvalue weighted by Gasteiger charge is -2.28. The van der Waals surface area contributed by atoms with Crippen LogP contribution in [-0.2, 0) is 12.8 Å². The zero-order chi connectivity index (χ0) is 21.1. The molecule has 5 heteroatoms. The monoisotopic (exact) mass is 408 g/mol. The molecule has 1 aromatic heterocycles. The molecule has 2 N–H and O–H groups in total. The van der Waals surface area contributed by atoms with E-state index in [9.17, 15) is 14.3 Å². The standard InChI is InChI=1S/C25H29FN2O2/c1-2-3-17-12-21-23(13-17)27-15-22(24(30)14-16-4-6-18(26)7-5-16)25(21)28-19-8-10-20(29)11-9-19/h4-7,12,15,19-20,29H,2-3,8-11,13-14H2,1H3,(H,27,28). The number of nitrogens with one attached hydrogen (secondary N) is 1. The highest BCUT2D eigenvalue weighted by Crippen LogP contribution is 2.36. The highest BCUT2D eigenvalue weighted by Gasteiger charge is 2.26. The summed E-state index contributed by atoms with van der Waals surface area (Å²) in [5, 5.41) is 13.5. The number of allylic oxidation sites excluding steroid dienone is 1. The average molecular weight is 409 g/mol. The number of rotatable bonds is 7. The van der Waals surface area contributed by atoms with Gasteiger partial charge in [0.15, 0.2) is 5.78 Å². The molecule has 2 aromatic rings. The second-order valence-corrected chi connectivity index (χ2v) is 8.51. The Morgan fingerprint density at radius 1 is 1.20 bits per heavy atom. The lowest BCUT2D eigenvalue weighted by molar-refractivity contribution is 0.0992. The van der Waals surface area contributed by atoms with Crippen LogP contribution >= 0.6 is 0 Å². The van der Waals surface area contributed by atoms with Crippen molar-refractivity contribution in [1.82, 2.24) is 4.98 Å². The van der Waals surface area contributed by atoms with Crippen LogP contribution in [0.1, 0.15) is 72.6 Å². The number of fused-ring (bicyclic) bond motifs is 1. The molecular formula is C25H29FN2O2. The Morgan fingerprint density at radius 2 is 1.93 bits per heavy atom. The van der Waals surface area contributed by atoms with E-state index in [0.29, 0.717) is 5.56 Å². The number of hydrogen-bond acceptors (Lipinski definition) is 4. The van der Waals surface area contributed by atoms with E-state index in [1.54, 1.807) is 18.3 Å². The smallest absolute Gasteiger partial charge is 0.170 e. The molecule has 30 heavy (non-hydrogen) atoms. The van der Waals surface area contributed by atoms with E-state index in [0.717, 1.165) is 67.5 Å². The summed E-state index contributed by atoms with van der Waals surface area (Å²) in [6.07, 6.45) is 10.2. The first kappa shape index (κ1) is 20.7. The summed E-state index contributed by atoms with van der Waals surface area (Å²) in [6.45, 7) is 2.17. The predicted octanol–water partition coefficient (Wildman–Crippen LogP) is 5.10. The Hall–Kier alpha value is -2.53. The van der Waals surface area contributed by atoms with Gasteiger partial charge in [0.2, 0.25) is 0 Å². The van der Waals surface area contributed by atoms with Crippen LogP contribution in [0.5, 0.6) is 0 Å². The topological polar surface area (TPSA) is 62.2 Å². The number of benzene rings is 1. The van der Waals surface area contributed by atoms with Gasteiger partial charge in [-0.05, 0) is 49.8 Å². The van der Waals surface area contributed by atoms with Crippen molar-refractivity contribution in [2.75, 3.05) is 5.32 Å². The van der Waals surface area contributed by atoms with Crippen molar-refractivity contribution >= 4 is 17.5 Å². The van der Waals surface area contributed by atoms with E-state index in [1.807, 2.05) is 0 Å². The quantitative estimate of drug-likeness (QED) is 0.626. The van der Waals surface area contributed by atoms with Gasteiger partial charge in [-0.3, -0.25) is 9.78 Å². The van der Waals surface area contributed by atoms with E-state index in [4.69, 9.17) is 0 Å². The number of aliphatic hydroxyl groups is 1. The minimum Gasteiger partial charge on any atom is -0.393 e. The first-order chi connectivity index (χ1) is 14.5. The SMILES string of the molecule is CCCC1=Cc2c(ncc(C(=O)Cc3ccc(F)cc3)c2NC2CCC(O)CC2)C1. The van der Waals surface area contributed by atoms with E-state index in [1.165, 1.54) is 17.7 Å². The van der Waals surface area contributed by atoms with Crippen molar-refractivity contribution in [3.8, 4) is 0 Å². The molecule has 1 saturated carbocycles. The number of anilines is 1. The van der Waals surface area contributed by atoms with Gasteiger partial charge in [0.05, 0.1) is 23.0 Å². The third kappa shape index (κ3) is 4.62. The summed E-state index contributed by atoms with van der Waals surface area (Å²) < 4.78 is 13.2. The fraction of sp³-hybridized carbons (Fsp3) is 0.440. The van der Waals surface area contributed by atoms with E-state index < -0.39 is 0 Å². The molecule has 0 bridgehead atoms. The molecule has 0 aliphatic heterocycles. The van der Waals surface area contributed by atoms with Gasteiger partial charge in [0.25, 0.3) is 0 Å². The summed E-state index contributed by atoms with van der Waals surface area (Å²) in [4.78, 5) is 17.8.